The monoisotopic (exact) mass is 301 g/mol. The molecular weight excluding hydrogens is 286 g/mol. The van der Waals surface area contributed by atoms with Gasteiger partial charge in [-0.1, -0.05) is 29.8 Å². The molecule has 1 heterocycles. The first-order chi connectivity index (χ1) is 10.5. The number of benzene rings is 1. The van der Waals surface area contributed by atoms with E-state index in [1.165, 1.54) is 10.8 Å². The maximum Gasteiger partial charge on any atom is 0.343 e. The molecule has 8 nitrogen and oxygen atoms in total. The van der Waals surface area contributed by atoms with Crippen molar-refractivity contribution < 1.29 is 9.72 Å². The maximum atomic E-state index is 11.8. The van der Waals surface area contributed by atoms with Crippen LogP contribution in [0.5, 0.6) is 0 Å². The van der Waals surface area contributed by atoms with E-state index in [-0.39, 0.29) is 12.4 Å². The van der Waals surface area contributed by atoms with Crippen molar-refractivity contribution in [1.82, 2.24) is 15.0 Å². The van der Waals surface area contributed by atoms with Crippen molar-refractivity contribution in [2.24, 2.45) is 5.10 Å². The van der Waals surface area contributed by atoms with Crippen LogP contribution in [-0.4, -0.2) is 26.6 Å². The SMILES string of the molecule is Cc1ccc(/C=N/NC(=O)Cn2c([N+](=O)[O-])cnc2C)cc1. The van der Waals surface area contributed by atoms with Gasteiger partial charge in [-0.2, -0.15) is 5.10 Å². The Morgan fingerprint density at radius 3 is 2.73 bits per heavy atom. The molecule has 0 bridgehead atoms. The highest BCUT2D eigenvalue weighted by Gasteiger charge is 2.19. The highest BCUT2D eigenvalue weighted by molar-refractivity contribution is 5.82. The summed E-state index contributed by atoms with van der Waals surface area (Å²) in [5, 5.41) is 14.7. The summed E-state index contributed by atoms with van der Waals surface area (Å²) in [4.78, 5) is 25.9. The zero-order chi connectivity index (χ0) is 16.1. The number of aryl methyl sites for hydroxylation is 2. The number of amides is 1. The van der Waals surface area contributed by atoms with Crippen LogP contribution in [0, 0.1) is 24.0 Å². The fraction of sp³-hybridized carbons (Fsp3) is 0.214. The minimum atomic E-state index is -0.581. The van der Waals surface area contributed by atoms with E-state index in [0.29, 0.717) is 5.82 Å². The molecule has 8 heteroatoms. The van der Waals surface area contributed by atoms with E-state index in [0.717, 1.165) is 17.3 Å². The lowest BCUT2D eigenvalue weighted by atomic mass is 10.2. The van der Waals surface area contributed by atoms with Gasteiger partial charge in [0.2, 0.25) is 0 Å². The van der Waals surface area contributed by atoms with Crippen LogP contribution in [0.2, 0.25) is 0 Å². The lowest BCUT2D eigenvalue weighted by Gasteiger charge is -2.01. The molecule has 0 atom stereocenters. The Hall–Kier alpha value is -3.03. The van der Waals surface area contributed by atoms with Gasteiger partial charge in [0, 0.05) is 6.92 Å². The number of imidazole rings is 1. The number of nitrogens with one attached hydrogen (secondary N) is 1. The Labute approximate surface area is 126 Å². The number of carbonyl (C=O) groups excluding carboxylic acids is 1. The van der Waals surface area contributed by atoms with E-state index in [1.54, 1.807) is 6.92 Å². The summed E-state index contributed by atoms with van der Waals surface area (Å²) >= 11 is 0. The van der Waals surface area contributed by atoms with Gasteiger partial charge in [-0.05, 0) is 17.4 Å². The standard InChI is InChI=1S/C14H15N5O3/c1-10-3-5-12(6-4-10)7-16-17-13(20)9-18-11(2)15-8-14(18)19(21)22/h3-8H,9H2,1-2H3,(H,17,20)/b16-7+. The molecule has 1 aromatic heterocycles. The lowest BCUT2D eigenvalue weighted by molar-refractivity contribution is -0.392. The van der Waals surface area contributed by atoms with Crippen LogP contribution >= 0.6 is 0 Å². The van der Waals surface area contributed by atoms with Gasteiger partial charge >= 0.3 is 5.82 Å². The van der Waals surface area contributed by atoms with Gasteiger partial charge in [-0.25, -0.2) is 15.0 Å². The predicted molar refractivity (Wildman–Crippen MR) is 80.5 cm³/mol. The number of nitro groups is 1. The normalized spacial score (nSPS) is 10.8. The van der Waals surface area contributed by atoms with Crippen molar-refractivity contribution >= 4 is 17.9 Å². The molecule has 2 rings (SSSR count). The molecule has 1 N–H and O–H groups in total. The summed E-state index contributed by atoms with van der Waals surface area (Å²) in [6.07, 6.45) is 2.63. The van der Waals surface area contributed by atoms with Crippen LogP contribution in [0.15, 0.2) is 35.6 Å². The zero-order valence-electron chi connectivity index (χ0n) is 12.2. The van der Waals surface area contributed by atoms with Crippen LogP contribution in [0.1, 0.15) is 17.0 Å². The van der Waals surface area contributed by atoms with Gasteiger partial charge in [-0.15, -0.1) is 0 Å². The first-order valence-corrected chi connectivity index (χ1v) is 6.52. The van der Waals surface area contributed by atoms with E-state index >= 15 is 0 Å². The molecule has 22 heavy (non-hydrogen) atoms. The molecule has 114 valence electrons. The van der Waals surface area contributed by atoms with E-state index in [1.807, 2.05) is 31.2 Å². The van der Waals surface area contributed by atoms with Gasteiger partial charge < -0.3 is 10.1 Å². The molecule has 1 amide bonds. The Bertz CT molecular complexity index is 719. The number of nitrogens with zero attached hydrogens (tertiary/aromatic N) is 4. The third-order valence-corrected chi connectivity index (χ3v) is 3.00. The smallest absolute Gasteiger partial charge is 0.343 e. The zero-order valence-corrected chi connectivity index (χ0v) is 12.2. The average Bonchev–Trinajstić information content (AvgIpc) is 2.82. The molecule has 0 fully saturated rings. The molecule has 0 aliphatic heterocycles. The topological polar surface area (TPSA) is 102 Å². The molecule has 0 spiro atoms. The minimum absolute atomic E-state index is 0.215. The van der Waals surface area contributed by atoms with E-state index in [4.69, 9.17) is 0 Å². The Kier molecular flexibility index (Phi) is 4.62. The quantitative estimate of drug-likeness (QED) is 0.514. The van der Waals surface area contributed by atoms with Crippen LogP contribution < -0.4 is 5.43 Å². The van der Waals surface area contributed by atoms with E-state index in [2.05, 4.69) is 15.5 Å². The second-order valence-electron chi connectivity index (χ2n) is 4.71. The molecule has 0 saturated carbocycles. The summed E-state index contributed by atoms with van der Waals surface area (Å²) in [7, 11) is 0. The number of hydrogen-bond acceptors (Lipinski definition) is 5. The largest absolute Gasteiger partial charge is 0.358 e. The Balaban J connectivity index is 1.97. The average molecular weight is 301 g/mol. The summed E-state index contributed by atoms with van der Waals surface area (Å²) in [5.41, 5.74) is 4.31. The Morgan fingerprint density at radius 1 is 1.41 bits per heavy atom. The number of rotatable bonds is 5. The first kappa shape index (κ1) is 15.4. The van der Waals surface area contributed by atoms with Gasteiger partial charge in [-0.3, -0.25) is 4.79 Å². The molecular formula is C14H15N5O3. The third-order valence-electron chi connectivity index (χ3n) is 3.00. The predicted octanol–water partition coefficient (Wildman–Crippen LogP) is 1.56. The van der Waals surface area contributed by atoms with Gasteiger partial charge in [0.15, 0.2) is 12.4 Å². The van der Waals surface area contributed by atoms with Crippen molar-refractivity contribution in [3.8, 4) is 0 Å². The fourth-order valence-corrected chi connectivity index (χ4v) is 1.81. The van der Waals surface area contributed by atoms with Crippen molar-refractivity contribution in [2.45, 2.75) is 20.4 Å². The highest BCUT2D eigenvalue weighted by atomic mass is 16.6. The van der Waals surface area contributed by atoms with Crippen LogP contribution in [0.3, 0.4) is 0 Å². The van der Waals surface area contributed by atoms with Gasteiger partial charge in [0.05, 0.1) is 6.21 Å². The van der Waals surface area contributed by atoms with Gasteiger partial charge in [0.25, 0.3) is 5.91 Å². The second kappa shape index (κ2) is 6.61. The molecule has 1 aromatic carbocycles. The maximum absolute atomic E-state index is 11.8. The highest BCUT2D eigenvalue weighted by Crippen LogP contribution is 2.12. The molecule has 2 aromatic rings. The Morgan fingerprint density at radius 2 is 2.09 bits per heavy atom. The van der Waals surface area contributed by atoms with E-state index in [9.17, 15) is 14.9 Å². The third kappa shape index (κ3) is 3.75. The van der Waals surface area contributed by atoms with Crippen LogP contribution in [-0.2, 0) is 11.3 Å². The summed E-state index contributed by atoms with van der Waals surface area (Å²) in [5.74, 6) is -0.299. The summed E-state index contributed by atoms with van der Waals surface area (Å²) in [6, 6.07) is 7.61. The lowest BCUT2D eigenvalue weighted by Crippen LogP contribution is -2.24. The number of carbonyl (C=O) groups is 1. The molecule has 0 aliphatic carbocycles. The number of hydrazone groups is 1. The van der Waals surface area contributed by atoms with Crippen LogP contribution in [0.25, 0.3) is 0 Å². The summed E-state index contributed by atoms with van der Waals surface area (Å²) < 4.78 is 1.22. The fourth-order valence-electron chi connectivity index (χ4n) is 1.81. The second-order valence-corrected chi connectivity index (χ2v) is 4.71. The van der Waals surface area contributed by atoms with Crippen LogP contribution in [0.4, 0.5) is 5.82 Å². The molecule has 0 aliphatic rings. The minimum Gasteiger partial charge on any atom is -0.358 e. The molecule has 0 saturated heterocycles. The first-order valence-electron chi connectivity index (χ1n) is 6.52. The van der Waals surface area contributed by atoms with Crippen molar-refractivity contribution in [2.75, 3.05) is 0 Å². The number of hydrogen-bond donors (Lipinski definition) is 1. The molecule has 0 radical (unpaired) electrons. The summed E-state index contributed by atoms with van der Waals surface area (Å²) in [6.45, 7) is 3.35. The van der Waals surface area contributed by atoms with Crippen molar-refractivity contribution in [1.29, 1.82) is 0 Å². The van der Waals surface area contributed by atoms with Crippen molar-refractivity contribution in [3.63, 3.8) is 0 Å². The molecule has 0 unspecified atom stereocenters. The van der Waals surface area contributed by atoms with Gasteiger partial charge in [0.1, 0.15) is 6.20 Å². The van der Waals surface area contributed by atoms with E-state index < -0.39 is 10.8 Å². The number of aromatic nitrogens is 2. The van der Waals surface area contributed by atoms with Crippen molar-refractivity contribution in [3.05, 3.63) is 57.5 Å².